The van der Waals surface area contributed by atoms with Crippen molar-refractivity contribution >= 4 is 27.5 Å². The Kier molecular flexibility index (Phi) is 7.00. The lowest BCUT2D eigenvalue weighted by Gasteiger charge is -2.08. The summed E-state index contributed by atoms with van der Waals surface area (Å²) in [5.74, 6) is -0.312. The zero-order valence-electron chi connectivity index (χ0n) is 12.7. The molecule has 0 spiro atoms. The molecular weight excluding hydrogens is 306 g/mol. The number of carbonyl (C=O) groups is 2. The van der Waals surface area contributed by atoms with Gasteiger partial charge in [-0.25, -0.2) is 13.1 Å². The molecule has 0 aliphatic carbocycles. The average molecular weight is 327 g/mol. The van der Waals surface area contributed by atoms with Crippen molar-refractivity contribution in [2.75, 3.05) is 18.4 Å². The third-order valence-corrected chi connectivity index (χ3v) is 4.23. The highest BCUT2D eigenvalue weighted by Gasteiger charge is 2.12. The number of sulfonamides is 1. The molecule has 0 aromatic heterocycles. The molecule has 7 nitrogen and oxygen atoms in total. The molecule has 1 aromatic rings. The zero-order chi connectivity index (χ0) is 16.6. The molecule has 1 rings (SSSR count). The number of rotatable bonds is 8. The van der Waals surface area contributed by atoms with Crippen LogP contribution < -0.4 is 15.4 Å². The molecule has 0 aliphatic rings. The van der Waals surface area contributed by atoms with E-state index in [1.54, 1.807) is 0 Å². The number of benzene rings is 1. The first-order valence-electron chi connectivity index (χ1n) is 6.93. The summed E-state index contributed by atoms with van der Waals surface area (Å²) in [5, 5.41) is 5.22. The van der Waals surface area contributed by atoms with Gasteiger partial charge >= 0.3 is 0 Å². The van der Waals surface area contributed by atoms with Crippen molar-refractivity contribution in [2.24, 2.45) is 0 Å². The van der Waals surface area contributed by atoms with E-state index in [-0.39, 0.29) is 16.7 Å². The van der Waals surface area contributed by atoms with E-state index in [9.17, 15) is 18.0 Å². The minimum Gasteiger partial charge on any atom is -0.356 e. The van der Waals surface area contributed by atoms with Crippen LogP contribution >= 0.6 is 0 Å². The van der Waals surface area contributed by atoms with E-state index >= 15 is 0 Å². The fourth-order valence-corrected chi connectivity index (χ4v) is 2.80. The Hall–Kier alpha value is -1.93. The number of nitrogens with one attached hydrogen (secondary N) is 3. The Morgan fingerprint density at radius 2 is 1.55 bits per heavy atom. The lowest BCUT2D eigenvalue weighted by molar-refractivity contribution is -0.119. The minimum atomic E-state index is -3.56. The van der Waals surface area contributed by atoms with Crippen LogP contribution in [0.15, 0.2) is 29.2 Å². The second-order valence-corrected chi connectivity index (χ2v) is 6.56. The van der Waals surface area contributed by atoms with Crippen molar-refractivity contribution in [3.63, 3.8) is 0 Å². The largest absolute Gasteiger partial charge is 0.356 e. The summed E-state index contributed by atoms with van der Waals surface area (Å²) in [6.07, 6.45) is 1.33. The number of anilines is 1. The SMILES string of the molecule is CC(=O)NCCCCNS(=O)(=O)c1ccc(NC(C)=O)cc1. The molecule has 0 unspecified atom stereocenters. The van der Waals surface area contributed by atoms with Crippen molar-refractivity contribution in [1.29, 1.82) is 0 Å². The highest BCUT2D eigenvalue weighted by molar-refractivity contribution is 7.89. The maximum atomic E-state index is 12.0. The van der Waals surface area contributed by atoms with Gasteiger partial charge in [0.15, 0.2) is 0 Å². The smallest absolute Gasteiger partial charge is 0.240 e. The molecule has 22 heavy (non-hydrogen) atoms. The van der Waals surface area contributed by atoms with Gasteiger partial charge in [0.25, 0.3) is 0 Å². The molecule has 2 amide bonds. The van der Waals surface area contributed by atoms with Gasteiger partial charge in [-0.3, -0.25) is 9.59 Å². The highest BCUT2D eigenvalue weighted by atomic mass is 32.2. The molecule has 122 valence electrons. The van der Waals surface area contributed by atoms with Crippen molar-refractivity contribution < 1.29 is 18.0 Å². The summed E-state index contributed by atoms with van der Waals surface area (Å²) in [7, 11) is -3.56. The molecule has 0 fully saturated rings. The van der Waals surface area contributed by atoms with Gasteiger partial charge in [-0.1, -0.05) is 0 Å². The van der Waals surface area contributed by atoms with Crippen LogP contribution in [-0.4, -0.2) is 33.3 Å². The average Bonchev–Trinajstić information content (AvgIpc) is 2.42. The number of hydrogen-bond acceptors (Lipinski definition) is 4. The third-order valence-electron chi connectivity index (χ3n) is 2.75. The molecule has 0 heterocycles. The molecule has 3 N–H and O–H groups in total. The van der Waals surface area contributed by atoms with E-state index in [0.717, 1.165) is 0 Å². The molecule has 8 heteroatoms. The van der Waals surface area contributed by atoms with E-state index in [1.807, 2.05) is 0 Å². The highest BCUT2D eigenvalue weighted by Crippen LogP contribution is 2.13. The predicted octanol–water partition coefficient (Wildman–Crippen LogP) is 0.840. The number of hydrogen-bond donors (Lipinski definition) is 3. The first kappa shape index (κ1) is 18.1. The van der Waals surface area contributed by atoms with Gasteiger partial charge in [0.05, 0.1) is 4.90 Å². The van der Waals surface area contributed by atoms with Crippen LogP contribution in [0.4, 0.5) is 5.69 Å². The van der Waals surface area contributed by atoms with Crippen LogP contribution in [0.2, 0.25) is 0 Å². The molecule has 0 saturated carbocycles. The van der Waals surface area contributed by atoms with E-state index in [2.05, 4.69) is 15.4 Å². The third kappa shape index (κ3) is 6.68. The van der Waals surface area contributed by atoms with Crippen LogP contribution in [0.25, 0.3) is 0 Å². The van der Waals surface area contributed by atoms with E-state index in [1.165, 1.54) is 38.1 Å². The molecule has 0 aliphatic heterocycles. The summed E-state index contributed by atoms with van der Waals surface area (Å²) in [6.45, 7) is 3.65. The van der Waals surface area contributed by atoms with Gasteiger partial charge in [0, 0.05) is 32.6 Å². The fourth-order valence-electron chi connectivity index (χ4n) is 1.72. The number of carbonyl (C=O) groups excluding carboxylic acids is 2. The first-order chi connectivity index (χ1) is 10.3. The van der Waals surface area contributed by atoms with Crippen LogP contribution in [-0.2, 0) is 19.6 Å². The van der Waals surface area contributed by atoms with E-state index in [0.29, 0.717) is 31.6 Å². The van der Waals surface area contributed by atoms with E-state index in [4.69, 9.17) is 0 Å². The Bertz CT molecular complexity index is 611. The van der Waals surface area contributed by atoms with Gasteiger partial charge in [-0.05, 0) is 37.1 Å². The molecule has 0 radical (unpaired) electrons. The summed E-state index contributed by atoms with van der Waals surface area (Å²) in [4.78, 5) is 21.7. The fraction of sp³-hybridized carbons (Fsp3) is 0.429. The van der Waals surface area contributed by atoms with Crippen LogP contribution in [0.5, 0.6) is 0 Å². The molecule has 1 aromatic carbocycles. The van der Waals surface area contributed by atoms with Crippen molar-refractivity contribution in [3.05, 3.63) is 24.3 Å². The second-order valence-electron chi connectivity index (χ2n) is 4.79. The quantitative estimate of drug-likeness (QED) is 0.615. The summed E-state index contributed by atoms with van der Waals surface area (Å²) < 4.78 is 26.6. The Balaban J connectivity index is 2.45. The van der Waals surface area contributed by atoms with Crippen LogP contribution in [0.1, 0.15) is 26.7 Å². The van der Waals surface area contributed by atoms with Crippen molar-refractivity contribution in [1.82, 2.24) is 10.0 Å². The standard InChI is InChI=1S/C14H21N3O4S/c1-11(18)15-9-3-4-10-16-22(20,21)14-7-5-13(6-8-14)17-12(2)19/h5-8,16H,3-4,9-10H2,1-2H3,(H,15,18)(H,17,19). The monoisotopic (exact) mass is 327 g/mol. The van der Waals surface area contributed by atoms with Crippen molar-refractivity contribution in [3.8, 4) is 0 Å². The maximum Gasteiger partial charge on any atom is 0.240 e. The molecular formula is C14H21N3O4S. The molecule has 0 bridgehead atoms. The van der Waals surface area contributed by atoms with Gasteiger partial charge in [0.2, 0.25) is 21.8 Å². The van der Waals surface area contributed by atoms with Gasteiger partial charge < -0.3 is 10.6 Å². The van der Waals surface area contributed by atoms with Crippen LogP contribution in [0, 0.1) is 0 Å². The molecule has 0 atom stereocenters. The summed E-state index contributed by atoms with van der Waals surface area (Å²) >= 11 is 0. The lowest BCUT2D eigenvalue weighted by Crippen LogP contribution is -2.26. The van der Waals surface area contributed by atoms with Gasteiger partial charge in [-0.2, -0.15) is 0 Å². The molecule has 0 saturated heterocycles. The number of unbranched alkanes of at least 4 members (excludes halogenated alkanes) is 1. The first-order valence-corrected chi connectivity index (χ1v) is 8.41. The Morgan fingerprint density at radius 1 is 0.955 bits per heavy atom. The predicted molar refractivity (Wildman–Crippen MR) is 83.9 cm³/mol. The second kappa shape index (κ2) is 8.50. The van der Waals surface area contributed by atoms with Gasteiger partial charge in [0.1, 0.15) is 0 Å². The Labute approximate surface area is 130 Å². The van der Waals surface area contributed by atoms with Crippen LogP contribution in [0.3, 0.4) is 0 Å². The zero-order valence-corrected chi connectivity index (χ0v) is 13.5. The number of amides is 2. The van der Waals surface area contributed by atoms with Gasteiger partial charge in [-0.15, -0.1) is 0 Å². The maximum absolute atomic E-state index is 12.0. The minimum absolute atomic E-state index is 0.0974. The van der Waals surface area contributed by atoms with E-state index < -0.39 is 10.0 Å². The van der Waals surface area contributed by atoms with Crippen molar-refractivity contribution in [2.45, 2.75) is 31.6 Å². The summed E-state index contributed by atoms with van der Waals surface area (Å²) in [6, 6.07) is 5.94. The lowest BCUT2D eigenvalue weighted by atomic mass is 10.3. The Morgan fingerprint density at radius 3 is 2.09 bits per heavy atom. The summed E-state index contributed by atoms with van der Waals surface area (Å²) in [5.41, 5.74) is 0.543. The topological polar surface area (TPSA) is 104 Å². The normalized spacial score (nSPS) is 11.0.